The normalized spacial score (nSPS) is 20.4. The van der Waals surface area contributed by atoms with Crippen LogP contribution in [0.15, 0.2) is 52.9 Å². The molecule has 3 aromatic rings. The first-order valence-corrected chi connectivity index (χ1v) is 12.1. The van der Waals surface area contributed by atoms with Crippen LogP contribution in [0.5, 0.6) is 11.5 Å². The van der Waals surface area contributed by atoms with E-state index in [0.717, 1.165) is 22.3 Å². The Morgan fingerprint density at radius 3 is 2.58 bits per heavy atom. The van der Waals surface area contributed by atoms with Gasteiger partial charge in [-0.1, -0.05) is 38.1 Å². The van der Waals surface area contributed by atoms with E-state index < -0.39 is 29.9 Å². The van der Waals surface area contributed by atoms with Gasteiger partial charge in [0.05, 0.1) is 19.3 Å². The van der Waals surface area contributed by atoms with E-state index in [9.17, 15) is 14.4 Å². The van der Waals surface area contributed by atoms with Gasteiger partial charge in [-0.05, 0) is 42.7 Å². The number of imide groups is 1. The fraction of sp³-hybridized carbons (Fsp3) is 0.370. The van der Waals surface area contributed by atoms with E-state index in [1.54, 1.807) is 19.1 Å². The first-order valence-electron chi connectivity index (χ1n) is 12.1. The summed E-state index contributed by atoms with van der Waals surface area (Å²) in [4.78, 5) is 40.0. The number of rotatable bonds is 6. The van der Waals surface area contributed by atoms with Gasteiger partial charge in [-0.15, -0.1) is 0 Å². The van der Waals surface area contributed by atoms with Crippen molar-refractivity contribution < 1.29 is 28.3 Å². The molecule has 3 heterocycles. The minimum Gasteiger partial charge on any atom is -0.490 e. The highest BCUT2D eigenvalue weighted by Gasteiger charge is 2.51. The van der Waals surface area contributed by atoms with Crippen molar-refractivity contribution in [1.82, 2.24) is 15.5 Å². The molecule has 5 rings (SSSR count). The molecule has 4 amide bonds. The number of ether oxygens (including phenoxy) is 2. The van der Waals surface area contributed by atoms with Crippen molar-refractivity contribution in [3.63, 3.8) is 0 Å². The second kappa shape index (κ2) is 9.22. The number of carbonyl (C=O) groups excluding carboxylic acids is 3. The Bertz CT molecular complexity index is 1300. The number of furan rings is 1. The highest BCUT2D eigenvalue weighted by atomic mass is 16.5. The Morgan fingerprint density at radius 1 is 1.08 bits per heavy atom. The second-order valence-corrected chi connectivity index (χ2v) is 9.64. The van der Waals surface area contributed by atoms with Crippen LogP contribution >= 0.6 is 0 Å². The van der Waals surface area contributed by atoms with E-state index in [4.69, 9.17) is 13.9 Å². The SMILES string of the molecule is CC(C)C(NC(=O)CN1C(=O)NC(C)(c2cc3ccccc3o2)C1=O)c1ccc2c(c1)OCCCO2. The topological polar surface area (TPSA) is 110 Å². The number of para-hydroxylation sites is 1. The Balaban J connectivity index is 1.32. The predicted octanol–water partition coefficient (Wildman–Crippen LogP) is 3.87. The van der Waals surface area contributed by atoms with Gasteiger partial charge in [-0.2, -0.15) is 0 Å². The van der Waals surface area contributed by atoms with Gasteiger partial charge < -0.3 is 24.5 Å². The van der Waals surface area contributed by atoms with E-state index in [1.807, 2.05) is 50.2 Å². The van der Waals surface area contributed by atoms with E-state index in [-0.39, 0.29) is 12.0 Å². The summed E-state index contributed by atoms with van der Waals surface area (Å²) in [5, 5.41) is 6.49. The first-order chi connectivity index (χ1) is 17.3. The van der Waals surface area contributed by atoms with Gasteiger partial charge in [0.2, 0.25) is 5.91 Å². The van der Waals surface area contributed by atoms with E-state index in [1.165, 1.54) is 0 Å². The summed E-state index contributed by atoms with van der Waals surface area (Å²) in [6, 6.07) is 13.7. The second-order valence-electron chi connectivity index (χ2n) is 9.64. The standard InChI is InChI=1S/C27H29N3O6/c1-16(2)24(18-9-10-20-21(13-18)35-12-6-11-34-20)28-23(31)15-30-25(32)27(3,29-26(30)33)22-14-17-7-4-5-8-19(17)36-22/h4-5,7-10,13-14,16,24H,6,11-12,15H2,1-3H3,(H,28,31)(H,29,33). The fourth-order valence-electron chi connectivity index (χ4n) is 4.61. The van der Waals surface area contributed by atoms with Crippen LogP contribution in [0.25, 0.3) is 11.0 Å². The zero-order chi connectivity index (χ0) is 25.4. The molecule has 2 atom stereocenters. The summed E-state index contributed by atoms with van der Waals surface area (Å²) in [6.07, 6.45) is 0.799. The molecular weight excluding hydrogens is 462 g/mol. The first kappa shape index (κ1) is 23.7. The summed E-state index contributed by atoms with van der Waals surface area (Å²) in [6.45, 7) is 6.30. The minimum absolute atomic E-state index is 0.0441. The van der Waals surface area contributed by atoms with Crippen LogP contribution in [-0.2, 0) is 15.1 Å². The van der Waals surface area contributed by atoms with Gasteiger partial charge in [0.1, 0.15) is 17.9 Å². The average Bonchev–Trinajstić information content (AvgIpc) is 3.27. The van der Waals surface area contributed by atoms with E-state index in [2.05, 4.69) is 10.6 Å². The molecule has 2 aliphatic rings. The molecule has 1 aromatic heterocycles. The third-order valence-corrected chi connectivity index (χ3v) is 6.61. The van der Waals surface area contributed by atoms with Crippen LogP contribution in [0.2, 0.25) is 0 Å². The number of amides is 4. The maximum Gasteiger partial charge on any atom is 0.325 e. The molecule has 2 aromatic carbocycles. The molecule has 0 bridgehead atoms. The molecule has 36 heavy (non-hydrogen) atoms. The van der Waals surface area contributed by atoms with Crippen molar-refractivity contribution in [3.05, 3.63) is 59.9 Å². The lowest BCUT2D eigenvalue weighted by atomic mass is 9.95. The number of fused-ring (bicyclic) bond motifs is 2. The van der Waals surface area contributed by atoms with E-state index >= 15 is 0 Å². The molecule has 1 saturated heterocycles. The molecule has 2 N–H and O–H groups in total. The van der Waals surface area contributed by atoms with Crippen molar-refractivity contribution in [2.24, 2.45) is 5.92 Å². The molecule has 0 saturated carbocycles. The molecule has 2 aliphatic heterocycles. The van der Waals surface area contributed by atoms with Gasteiger partial charge in [0.25, 0.3) is 5.91 Å². The number of nitrogens with one attached hydrogen (secondary N) is 2. The van der Waals surface area contributed by atoms with Crippen molar-refractivity contribution >= 4 is 28.8 Å². The van der Waals surface area contributed by atoms with Gasteiger partial charge in [-0.3, -0.25) is 14.5 Å². The van der Waals surface area contributed by atoms with Gasteiger partial charge in [0.15, 0.2) is 17.0 Å². The van der Waals surface area contributed by atoms with Gasteiger partial charge in [-0.25, -0.2) is 4.79 Å². The molecule has 0 spiro atoms. The van der Waals surface area contributed by atoms with Crippen molar-refractivity contribution in [3.8, 4) is 11.5 Å². The molecular formula is C27H29N3O6. The van der Waals surface area contributed by atoms with Gasteiger partial charge >= 0.3 is 6.03 Å². The summed E-state index contributed by atoms with van der Waals surface area (Å²) in [5.41, 5.74) is 0.0658. The summed E-state index contributed by atoms with van der Waals surface area (Å²) in [5.74, 6) is 0.686. The van der Waals surface area contributed by atoms with Crippen LogP contribution in [0, 0.1) is 5.92 Å². The van der Waals surface area contributed by atoms with Crippen LogP contribution < -0.4 is 20.1 Å². The Morgan fingerprint density at radius 2 is 1.83 bits per heavy atom. The number of hydrogen-bond donors (Lipinski definition) is 2. The quantitative estimate of drug-likeness (QED) is 0.507. The molecule has 2 unspecified atom stereocenters. The number of hydrogen-bond acceptors (Lipinski definition) is 6. The smallest absolute Gasteiger partial charge is 0.325 e. The highest BCUT2D eigenvalue weighted by Crippen LogP contribution is 2.35. The lowest BCUT2D eigenvalue weighted by Gasteiger charge is -2.25. The Kier molecular flexibility index (Phi) is 6.07. The lowest BCUT2D eigenvalue weighted by molar-refractivity contribution is -0.135. The average molecular weight is 492 g/mol. The number of urea groups is 1. The predicted molar refractivity (Wildman–Crippen MR) is 132 cm³/mol. The molecule has 0 radical (unpaired) electrons. The zero-order valence-electron chi connectivity index (χ0n) is 20.5. The summed E-state index contributed by atoms with van der Waals surface area (Å²) in [7, 11) is 0. The summed E-state index contributed by atoms with van der Waals surface area (Å²) >= 11 is 0. The molecule has 188 valence electrons. The number of benzene rings is 2. The van der Waals surface area contributed by atoms with Crippen molar-refractivity contribution in [1.29, 1.82) is 0 Å². The van der Waals surface area contributed by atoms with E-state index in [0.29, 0.717) is 36.1 Å². The minimum atomic E-state index is -1.40. The van der Waals surface area contributed by atoms with Crippen molar-refractivity contribution in [2.75, 3.05) is 19.8 Å². The Hall–Kier alpha value is -4.01. The molecule has 1 fully saturated rings. The third-order valence-electron chi connectivity index (χ3n) is 6.61. The van der Waals surface area contributed by atoms with Crippen LogP contribution in [-0.4, -0.2) is 42.5 Å². The van der Waals surface area contributed by atoms with Crippen LogP contribution in [0.1, 0.15) is 44.6 Å². The highest BCUT2D eigenvalue weighted by molar-refractivity contribution is 6.09. The number of nitrogens with zero attached hydrogens (tertiary/aromatic N) is 1. The van der Waals surface area contributed by atoms with Gasteiger partial charge in [0, 0.05) is 11.8 Å². The molecule has 9 heteroatoms. The van der Waals surface area contributed by atoms with Crippen LogP contribution in [0.4, 0.5) is 4.79 Å². The monoisotopic (exact) mass is 491 g/mol. The van der Waals surface area contributed by atoms with Crippen LogP contribution in [0.3, 0.4) is 0 Å². The molecule has 0 aliphatic carbocycles. The molecule has 9 nitrogen and oxygen atoms in total. The number of carbonyl (C=O) groups is 3. The largest absolute Gasteiger partial charge is 0.490 e. The van der Waals surface area contributed by atoms with Crippen molar-refractivity contribution in [2.45, 2.75) is 38.8 Å². The fourth-order valence-corrected chi connectivity index (χ4v) is 4.61. The summed E-state index contributed by atoms with van der Waals surface area (Å²) < 4.78 is 17.3. The maximum absolute atomic E-state index is 13.3. The Labute approximate surface area is 208 Å². The maximum atomic E-state index is 13.3. The zero-order valence-corrected chi connectivity index (χ0v) is 20.5. The third kappa shape index (κ3) is 4.25. The lowest BCUT2D eigenvalue weighted by Crippen LogP contribution is -2.44.